The van der Waals surface area contributed by atoms with E-state index in [2.05, 4.69) is 17.1 Å². The molecular formula is C8H15N3O. The number of anilines is 1. The van der Waals surface area contributed by atoms with Gasteiger partial charge in [-0.15, -0.1) is 5.10 Å². The molecule has 4 nitrogen and oxygen atoms in total. The summed E-state index contributed by atoms with van der Waals surface area (Å²) in [5, 5.41) is 7.35. The van der Waals surface area contributed by atoms with Crippen molar-refractivity contribution in [2.75, 3.05) is 5.73 Å². The van der Waals surface area contributed by atoms with Crippen LogP contribution in [0.1, 0.15) is 38.5 Å². The Morgan fingerprint density at radius 3 is 2.67 bits per heavy atom. The van der Waals surface area contributed by atoms with Crippen LogP contribution in [0.15, 0.2) is 4.42 Å². The molecule has 0 unspecified atom stereocenters. The Hall–Kier alpha value is -1.06. The minimum atomic E-state index is 0.167. The van der Waals surface area contributed by atoms with Crippen molar-refractivity contribution in [3.8, 4) is 0 Å². The fourth-order valence-electron chi connectivity index (χ4n) is 1.07. The molecule has 0 spiro atoms. The van der Waals surface area contributed by atoms with E-state index in [1.165, 1.54) is 19.3 Å². The maximum atomic E-state index is 5.27. The normalized spacial score (nSPS) is 10.4. The molecule has 0 aliphatic rings. The number of hydrogen-bond donors (Lipinski definition) is 1. The molecule has 0 saturated carbocycles. The summed E-state index contributed by atoms with van der Waals surface area (Å²) in [5.41, 5.74) is 5.27. The summed E-state index contributed by atoms with van der Waals surface area (Å²) in [5.74, 6) is 0.656. The molecule has 12 heavy (non-hydrogen) atoms. The number of hydrogen-bond acceptors (Lipinski definition) is 4. The molecule has 1 aromatic rings. The maximum Gasteiger partial charge on any atom is 0.312 e. The molecule has 0 saturated heterocycles. The summed E-state index contributed by atoms with van der Waals surface area (Å²) < 4.78 is 5.02. The largest absolute Gasteiger partial charge is 0.408 e. The van der Waals surface area contributed by atoms with Crippen molar-refractivity contribution in [3.05, 3.63) is 5.89 Å². The summed E-state index contributed by atoms with van der Waals surface area (Å²) in [6.45, 7) is 2.19. The van der Waals surface area contributed by atoms with Crippen LogP contribution in [0.4, 0.5) is 6.01 Å². The number of nitrogens with two attached hydrogens (primary N) is 1. The fraction of sp³-hybridized carbons (Fsp3) is 0.750. The Labute approximate surface area is 72.2 Å². The van der Waals surface area contributed by atoms with E-state index in [-0.39, 0.29) is 6.01 Å². The van der Waals surface area contributed by atoms with Crippen LogP contribution < -0.4 is 5.73 Å². The van der Waals surface area contributed by atoms with Crippen molar-refractivity contribution in [1.82, 2.24) is 10.2 Å². The molecular weight excluding hydrogens is 154 g/mol. The average molecular weight is 169 g/mol. The minimum Gasteiger partial charge on any atom is -0.408 e. The lowest BCUT2D eigenvalue weighted by molar-refractivity contribution is 0.493. The third-order valence-corrected chi connectivity index (χ3v) is 1.73. The van der Waals surface area contributed by atoms with E-state index in [1.807, 2.05) is 0 Å². The molecule has 4 heteroatoms. The van der Waals surface area contributed by atoms with Gasteiger partial charge in [0.2, 0.25) is 5.89 Å². The molecule has 0 aliphatic heterocycles. The zero-order chi connectivity index (χ0) is 8.81. The van der Waals surface area contributed by atoms with E-state index in [4.69, 9.17) is 10.2 Å². The monoisotopic (exact) mass is 169 g/mol. The van der Waals surface area contributed by atoms with Gasteiger partial charge in [-0.1, -0.05) is 31.3 Å². The molecule has 0 radical (unpaired) electrons. The van der Waals surface area contributed by atoms with E-state index >= 15 is 0 Å². The topological polar surface area (TPSA) is 64.9 Å². The van der Waals surface area contributed by atoms with Crippen LogP contribution >= 0.6 is 0 Å². The number of aromatic nitrogens is 2. The number of nitrogens with zero attached hydrogens (tertiary/aromatic N) is 2. The summed E-state index contributed by atoms with van der Waals surface area (Å²) in [4.78, 5) is 0. The van der Waals surface area contributed by atoms with Crippen LogP contribution in [0.2, 0.25) is 0 Å². The Morgan fingerprint density at radius 1 is 1.25 bits per heavy atom. The zero-order valence-electron chi connectivity index (χ0n) is 7.42. The summed E-state index contributed by atoms with van der Waals surface area (Å²) in [7, 11) is 0. The standard InChI is InChI=1S/C8H15N3O/c1-2-3-4-5-6-7-10-11-8(9)12-7/h2-6H2,1H3,(H2,9,11). The molecule has 2 N–H and O–H groups in total. The molecule has 0 amide bonds. The van der Waals surface area contributed by atoms with Crippen molar-refractivity contribution >= 4 is 6.01 Å². The lowest BCUT2D eigenvalue weighted by Crippen LogP contribution is -1.85. The molecule has 0 atom stereocenters. The van der Waals surface area contributed by atoms with Gasteiger partial charge in [0.05, 0.1) is 0 Å². The highest BCUT2D eigenvalue weighted by Crippen LogP contribution is 2.07. The van der Waals surface area contributed by atoms with Gasteiger partial charge in [-0.3, -0.25) is 0 Å². The maximum absolute atomic E-state index is 5.27. The Kier molecular flexibility index (Phi) is 3.57. The van der Waals surface area contributed by atoms with Crippen LogP contribution in [-0.4, -0.2) is 10.2 Å². The SMILES string of the molecule is CCCCCCc1nnc(N)o1. The Bertz CT molecular complexity index is 222. The first-order valence-electron chi connectivity index (χ1n) is 4.40. The van der Waals surface area contributed by atoms with Gasteiger partial charge in [-0.05, 0) is 6.42 Å². The lowest BCUT2D eigenvalue weighted by Gasteiger charge is -1.93. The molecule has 0 aliphatic carbocycles. The Morgan fingerprint density at radius 2 is 2.08 bits per heavy atom. The van der Waals surface area contributed by atoms with Crippen LogP contribution in [0, 0.1) is 0 Å². The molecule has 1 aromatic heterocycles. The van der Waals surface area contributed by atoms with Gasteiger partial charge in [-0.2, -0.15) is 0 Å². The Balaban J connectivity index is 2.15. The number of aryl methyl sites for hydroxylation is 1. The summed E-state index contributed by atoms with van der Waals surface area (Å²) in [6, 6.07) is 0.167. The number of nitrogen functional groups attached to an aromatic ring is 1. The van der Waals surface area contributed by atoms with E-state index in [0.717, 1.165) is 12.8 Å². The zero-order valence-corrected chi connectivity index (χ0v) is 7.42. The summed E-state index contributed by atoms with van der Waals surface area (Å²) in [6.07, 6.45) is 5.69. The minimum absolute atomic E-state index is 0.167. The second-order valence-corrected chi connectivity index (χ2v) is 2.84. The highest BCUT2D eigenvalue weighted by atomic mass is 16.4. The molecule has 0 fully saturated rings. The second-order valence-electron chi connectivity index (χ2n) is 2.84. The van der Waals surface area contributed by atoms with Crippen molar-refractivity contribution in [2.45, 2.75) is 39.0 Å². The van der Waals surface area contributed by atoms with Crippen LogP contribution in [-0.2, 0) is 6.42 Å². The molecule has 68 valence electrons. The molecule has 0 bridgehead atoms. The van der Waals surface area contributed by atoms with E-state index in [9.17, 15) is 0 Å². The second kappa shape index (κ2) is 4.74. The summed E-state index contributed by atoms with van der Waals surface area (Å²) >= 11 is 0. The van der Waals surface area contributed by atoms with Gasteiger partial charge >= 0.3 is 6.01 Å². The first-order chi connectivity index (χ1) is 5.83. The predicted octanol–water partition coefficient (Wildman–Crippen LogP) is 1.77. The first kappa shape index (κ1) is 9.03. The average Bonchev–Trinajstić information content (AvgIpc) is 2.45. The quantitative estimate of drug-likeness (QED) is 0.682. The highest BCUT2D eigenvalue weighted by Gasteiger charge is 2.00. The molecule has 1 rings (SSSR count). The smallest absolute Gasteiger partial charge is 0.312 e. The van der Waals surface area contributed by atoms with E-state index in [1.54, 1.807) is 0 Å². The lowest BCUT2D eigenvalue weighted by atomic mass is 10.2. The van der Waals surface area contributed by atoms with Gasteiger partial charge < -0.3 is 10.2 Å². The van der Waals surface area contributed by atoms with E-state index < -0.39 is 0 Å². The predicted molar refractivity (Wildman–Crippen MR) is 46.6 cm³/mol. The van der Waals surface area contributed by atoms with Crippen molar-refractivity contribution in [2.24, 2.45) is 0 Å². The third-order valence-electron chi connectivity index (χ3n) is 1.73. The third kappa shape index (κ3) is 2.90. The molecule has 0 aromatic carbocycles. The van der Waals surface area contributed by atoms with Crippen LogP contribution in [0.5, 0.6) is 0 Å². The van der Waals surface area contributed by atoms with Crippen molar-refractivity contribution in [1.29, 1.82) is 0 Å². The van der Waals surface area contributed by atoms with Gasteiger partial charge in [0, 0.05) is 6.42 Å². The van der Waals surface area contributed by atoms with Gasteiger partial charge in [0.25, 0.3) is 0 Å². The van der Waals surface area contributed by atoms with Crippen LogP contribution in [0.3, 0.4) is 0 Å². The van der Waals surface area contributed by atoms with Gasteiger partial charge in [-0.25, -0.2) is 0 Å². The number of rotatable bonds is 5. The van der Waals surface area contributed by atoms with Crippen molar-refractivity contribution in [3.63, 3.8) is 0 Å². The fourth-order valence-corrected chi connectivity index (χ4v) is 1.07. The van der Waals surface area contributed by atoms with E-state index in [0.29, 0.717) is 5.89 Å². The van der Waals surface area contributed by atoms with Crippen molar-refractivity contribution < 1.29 is 4.42 Å². The van der Waals surface area contributed by atoms with Gasteiger partial charge in [0.15, 0.2) is 0 Å². The van der Waals surface area contributed by atoms with Gasteiger partial charge in [0.1, 0.15) is 0 Å². The van der Waals surface area contributed by atoms with Crippen LogP contribution in [0.25, 0.3) is 0 Å². The first-order valence-corrected chi connectivity index (χ1v) is 4.40. The number of unbranched alkanes of at least 4 members (excludes halogenated alkanes) is 3. The molecule has 1 heterocycles. The highest BCUT2D eigenvalue weighted by molar-refractivity contribution is 5.04.